The molecule has 0 aromatic heterocycles. The number of aliphatic hydroxyl groups excluding tert-OH is 1. The van der Waals surface area contributed by atoms with Gasteiger partial charge in [0.15, 0.2) is 0 Å². The first-order chi connectivity index (χ1) is 8.13. The van der Waals surface area contributed by atoms with Crippen molar-refractivity contribution in [3.63, 3.8) is 0 Å². The minimum atomic E-state index is -0.657. The van der Waals surface area contributed by atoms with Gasteiger partial charge in [0.1, 0.15) is 11.5 Å². The van der Waals surface area contributed by atoms with Crippen LogP contribution in [0.15, 0.2) is 42.0 Å². The van der Waals surface area contributed by atoms with Gasteiger partial charge in [-0.1, -0.05) is 30.4 Å². The van der Waals surface area contributed by atoms with Crippen molar-refractivity contribution in [3.8, 4) is 5.75 Å². The van der Waals surface area contributed by atoms with Crippen LogP contribution < -0.4 is 0 Å². The van der Waals surface area contributed by atoms with Crippen molar-refractivity contribution in [2.45, 2.75) is 18.9 Å². The number of phenols is 1. The van der Waals surface area contributed by atoms with Crippen molar-refractivity contribution in [1.82, 2.24) is 0 Å². The normalized spacial score (nSPS) is 20.6. The van der Waals surface area contributed by atoms with Crippen LogP contribution in [0.4, 0.5) is 0 Å². The Hall–Kier alpha value is -1.87. The third-order valence-corrected chi connectivity index (χ3v) is 2.63. The van der Waals surface area contributed by atoms with Crippen molar-refractivity contribution < 1.29 is 15.0 Å². The molecular formula is C14H14O3. The summed E-state index contributed by atoms with van der Waals surface area (Å²) in [6, 6.07) is 6.78. The number of carbonyl (C=O) groups is 1. The number of aromatic hydroxyl groups is 1. The molecule has 1 atom stereocenters. The van der Waals surface area contributed by atoms with E-state index in [0.29, 0.717) is 6.42 Å². The predicted octanol–water partition coefficient (Wildman–Crippen LogP) is 2.06. The lowest BCUT2D eigenvalue weighted by atomic mass is 9.95. The number of ketones is 1. The molecule has 1 unspecified atom stereocenters. The van der Waals surface area contributed by atoms with Crippen molar-refractivity contribution in [1.29, 1.82) is 0 Å². The van der Waals surface area contributed by atoms with E-state index in [1.807, 2.05) is 12.2 Å². The lowest BCUT2D eigenvalue weighted by Crippen LogP contribution is -2.16. The fourth-order valence-corrected chi connectivity index (χ4v) is 1.80. The first-order valence-electron chi connectivity index (χ1n) is 5.51. The fraction of sp³-hybridized carbons (Fsp3) is 0.214. The zero-order valence-electron chi connectivity index (χ0n) is 9.34. The number of benzene rings is 1. The minimum absolute atomic E-state index is 0.0605. The van der Waals surface area contributed by atoms with Crippen LogP contribution in [0.3, 0.4) is 0 Å². The van der Waals surface area contributed by atoms with Gasteiger partial charge in [-0.2, -0.15) is 0 Å². The van der Waals surface area contributed by atoms with Gasteiger partial charge in [0.25, 0.3) is 0 Å². The van der Waals surface area contributed by atoms with Gasteiger partial charge in [-0.25, -0.2) is 0 Å². The number of hydrogen-bond acceptors (Lipinski definition) is 3. The summed E-state index contributed by atoms with van der Waals surface area (Å²) >= 11 is 0. The van der Waals surface area contributed by atoms with Gasteiger partial charge >= 0.3 is 0 Å². The molecule has 17 heavy (non-hydrogen) atoms. The average Bonchev–Trinajstić information content (AvgIpc) is 2.27. The molecule has 0 bridgehead atoms. The molecule has 2 N–H and O–H groups in total. The zero-order chi connectivity index (χ0) is 12.3. The molecule has 2 rings (SSSR count). The van der Waals surface area contributed by atoms with E-state index in [1.54, 1.807) is 30.3 Å². The van der Waals surface area contributed by atoms with E-state index in [9.17, 15) is 9.90 Å². The van der Waals surface area contributed by atoms with Crippen molar-refractivity contribution in [2.24, 2.45) is 0 Å². The summed E-state index contributed by atoms with van der Waals surface area (Å²) in [7, 11) is 0. The van der Waals surface area contributed by atoms with Crippen LogP contribution in [0.2, 0.25) is 0 Å². The summed E-state index contributed by atoms with van der Waals surface area (Å²) in [4.78, 5) is 11.3. The SMILES string of the molecule is O=C1CC(/C=C/c2ccc(O)cc2)=CC(O)C1. The standard InChI is InChI=1S/C14H14O3/c15-12-5-3-10(4-6-12)1-2-11-7-13(16)9-14(17)8-11/h1-7,13,15-16H,8-9H2/b2-1+. The van der Waals surface area contributed by atoms with Gasteiger partial charge in [0.2, 0.25) is 0 Å². The van der Waals surface area contributed by atoms with Gasteiger partial charge < -0.3 is 10.2 Å². The quantitative estimate of drug-likeness (QED) is 0.817. The van der Waals surface area contributed by atoms with Gasteiger partial charge in [-0.05, 0) is 23.3 Å². The highest BCUT2D eigenvalue weighted by atomic mass is 16.3. The minimum Gasteiger partial charge on any atom is -0.508 e. The molecule has 0 amide bonds. The van der Waals surface area contributed by atoms with Crippen molar-refractivity contribution in [3.05, 3.63) is 47.6 Å². The molecule has 88 valence electrons. The molecule has 0 saturated carbocycles. The van der Waals surface area contributed by atoms with Crippen LogP contribution in [-0.4, -0.2) is 22.1 Å². The molecule has 3 heteroatoms. The Morgan fingerprint density at radius 3 is 2.53 bits per heavy atom. The topological polar surface area (TPSA) is 57.5 Å². The molecule has 3 nitrogen and oxygen atoms in total. The van der Waals surface area contributed by atoms with E-state index < -0.39 is 6.10 Å². The van der Waals surface area contributed by atoms with E-state index in [2.05, 4.69) is 0 Å². The number of rotatable bonds is 2. The van der Waals surface area contributed by atoms with E-state index >= 15 is 0 Å². The average molecular weight is 230 g/mol. The Labute approximate surface area is 99.7 Å². The largest absolute Gasteiger partial charge is 0.508 e. The smallest absolute Gasteiger partial charge is 0.140 e. The van der Waals surface area contributed by atoms with Gasteiger partial charge in [0, 0.05) is 12.8 Å². The van der Waals surface area contributed by atoms with Gasteiger partial charge in [-0.3, -0.25) is 4.79 Å². The van der Waals surface area contributed by atoms with E-state index in [1.165, 1.54) is 0 Å². The zero-order valence-corrected chi connectivity index (χ0v) is 9.34. The third-order valence-electron chi connectivity index (χ3n) is 2.63. The Morgan fingerprint density at radius 1 is 1.18 bits per heavy atom. The maximum atomic E-state index is 11.3. The van der Waals surface area contributed by atoms with E-state index in [-0.39, 0.29) is 18.0 Å². The highest BCUT2D eigenvalue weighted by molar-refractivity contribution is 5.84. The molecule has 0 spiro atoms. The highest BCUT2D eigenvalue weighted by Crippen LogP contribution is 2.18. The summed E-state index contributed by atoms with van der Waals surface area (Å²) in [5, 5.41) is 18.5. The van der Waals surface area contributed by atoms with Gasteiger partial charge in [0.05, 0.1) is 6.10 Å². The third kappa shape index (κ3) is 3.29. The lowest BCUT2D eigenvalue weighted by molar-refractivity contribution is -0.120. The van der Waals surface area contributed by atoms with Crippen molar-refractivity contribution >= 4 is 11.9 Å². The van der Waals surface area contributed by atoms with Crippen LogP contribution >= 0.6 is 0 Å². The monoisotopic (exact) mass is 230 g/mol. The van der Waals surface area contributed by atoms with Crippen LogP contribution in [0.5, 0.6) is 5.75 Å². The predicted molar refractivity (Wildman–Crippen MR) is 65.5 cm³/mol. The summed E-state index contributed by atoms with van der Waals surface area (Å²) < 4.78 is 0. The maximum absolute atomic E-state index is 11.3. The van der Waals surface area contributed by atoms with Gasteiger partial charge in [-0.15, -0.1) is 0 Å². The van der Waals surface area contributed by atoms with Crippen LogP contribution in [0, 0.1) is 0 Å². The number of phenolic OH excluding ortho intramolecular Hbond substituents is 1. The second-order valence-electron chi connectivity index (χ2n) is 4.15. The van der Waals surface area contributed by atoms with E-state index in [0.717, 1.165) is 11.1 Å². The van der Waals surface area contributed by atoms with Crippen molar-refractivity contribution in [2.75, 3.05) is 0 Å². The molecule has 1 aromatic carbocycles. The Bertz CT molecular complexity index is 469. The molecule has 0 aliphatic heterocycles. The molecule has 1 aliphatic rings. The Morgan fingerprint density at radius 2 is 1.88 bits per heavy atom. The summed E-state index contributed by atoms with van der Waals surface area (Å²) in [6.45, 7) is 0. The first-order valence-corrected chi connectivity index (χ1v) is 5.51. The number of aliphatic hydroxyl groups is 1. The fourth-order valence-electron chi connectivity index (χ4n) is 1.80. The Kier molecular flexibility index (Phi) is 3.40. The molecule has 1 aliphatic carbocycles. The number of allylic oxidation sites excluding steroid dienone is 2. The molecule has 1 aromatic rings. The lowest BCUT2D eigenvalue weighted by Gasteiger charge is -2.13. The highest BCUT2D eigenvalue weighted by Gasteiger charge is 2.15. The Balaban J connectivity index is 2.10. The van der Waals surface area contributed by atoms with E-state index in [4.69, 9.17) is 5.11 Å². The second kappa shape index (κ2) is 4.97. The maximum Gasteiger partial charge on any atom is 0.140 e. The second-order valence-corrected chi connectivity index (χ2v) is 4.15. The summed E-state index contributed by atoms with van der Waals surface area (Å²) in [5.41, 5.74) is 1.78. The summed E-state index contributed by atoms with van der Waals surface area (Å²) in [6.07, 6.45) is 5.33. The van der Waals surface area contributed by atoms with Crippen LogP contribution in [0.25, 0.3) is 6.08 Å². The molecule has 0 heterocycles. The molecular weight excluding hydrogens is 216 g/mol. The number of carbonyl (C=O) groups excluding carboxylic acids is 1. The molecule has 0 saturated heterocycles. The molecule has 0 radical (unpaired) electrons. The van der Waals surface area contributed by atoms with Crippen LogP contribution in [-0.2, 0) is 4.79 Å². The summed E-state index contributed by atoms with van der Waals surface area (Å²) in [5.74, 6) is 0.287. The number of Topliss-reactive ketones (excluding diaryl/α,β-unsaturated/α-hetero) is 1. The molecule has 0 fully saturated rings. The number of hydrogen-bond donors (Lipinski definition) is 2. The van der Waals surface area contributed by atoms with Crippen LogP contribution in [0.1, 0.15) is 18.4 Å². The first kappa shape index (κ1) is 11.6.